The zero-order chi connectivity index (χ0) is 14.3. The molecule has 0 aromatic rings. The van der Waals surface area contributed by atoms with Crippen molar-refractivity contribution in [1.82, 2.24) is 4.90 Å². The summed E-state index contributed by atoms with van der Waals surface area (Å²) in [4.78, 5) is 12.5. The van der Waals surface area contributed by atoms with Gasteiger partial charge in [0.2, 0.25) is 0 Å². The molecule has 3 atom stereocenters. The number of carboxylic acids is 1. The maximum atomic E-state index is 11.2. The SMILES string of the molecule is CC(C)C(C(=O)O)N(CC(O)CO)CC(O)CO.[NaH]. The fourth-order valence-corrected chi connectivity index (χ4v) is 1.82. The first kappa shape index (κ1) is 21.6. The molecule has 0 rings (SSSR count). The second kappa shape index (κ2) is 11.0. The van der Waals surface area contributed by atoms with Crippen molar-refractivity contribution in [3.63, 3.8) is 0 Å². The topological polar surface area (TPSA) is 121 Å². The van der Waals surface area contributed by atoms with Crippen LogP contribution in [0.15, 0.2) is 0 Å². The number of carbonyl (C=O) groups is 1. The van der Waals surface area contributed by atoms with E-state index < -0.39 is 37.4 Å². The maximum absolute atomic E-state index is 11.2. The molecule has 0 aromatic carbocycles. The summed E-state index contributed by atoms with van der Waals surface area (Å²) in [6, 6.07) is -0.896. The van der Waals surface area contributed by atoms with Crippen molar-refractivity contribution in [1.29, 1.82) is 0 Å². The standard InChI is InChI=1S/C11H23NO6.Na.H/c1-7(2)10(11(17)18)12(3-8(15)5-13)4-9(16)6-14;;/h7-10,13-16H,3-6H2,1-2H3,(H,17,18);;. The van der Waals surface area contributed by atoms with Gasteiger partial charge in [0.15, 0.2) is 0 Å². The van der Waals surface area contributed by atoms with Gasteiger partial charge in [-0.3, -0.25) is 9.69 Å². The number of nitrogens with zero attached hydrogens (tertiary/aromatic N) is 1. The van der Waals surface area contributed by atoms with Crippen molar-refractivity contribution in [3.8, 4) is 0 Å². The Morgan fingerprint density at radius 1 is 1.05 bits per heavy atom. The molecule has 0 saturated carbocycles. The van der Waals surface area contributed by atoms with Gasteiger partial charge in [0.25, 0.3) is 0 Å². The molecule has 0 heterocycles. The van der Waals surface area contributed by atoms with Crippen LogP contribution in [0.2, 0.25) is 0 Å². The molecular weight excluding hydrogens is 265 g/mol. The average Bonchev–Trinajstić information content (AvgIpc) is 2.27. The van der Waals surface area contributed by atoms with Crippen LogP contribution in [-0.2, 0) is 4.79 Å². The molecule has 0 bridgehead atoms. The summed E-state index contributed by atoms with van der Waals surface area (Å²) in [7, 11) is 0. The van der Waals surface area contributed by atoms with E-state index in [1.54, 1.807) is 13.8 Å². The van der Waals surface area contributed by atoms with Crippen LogP contribution in [0.4, 0.5) is 0 Å². The first-order valence-corrected chi connectivity index (χ1v) is 5.88. The van der Waals surface area contributed by atoms with Crippen molar-refractivity contribution in [2.75, 3.05) is 26.3 Å². The third-order valence-corrected chi connectivity index (χ3v) is 2.59. The summed E-state index contributed by atoms with van der Waals surface area (Å²) < 4.78 is 0. The number of aliphatic carboxylic acids is 1. The van der Waals surface area contributed by atoms with Gasteiger partial charge in [-0.25, -0.2) is 0 Å². The predicted octanol–water partition coefficient (Wildman–Crippen LogP) is -2.54. The van der Waals surface area contributed by atoms with Crippen molar-refractivity contribution in [3.05, 3.63) is 0 Å². The Morgan fingerprint density at radius 3 is 1.63 bits per heavy atom. The third kappa shape index (κ3) is 8.21. The normalized spacial score (nSPS) is 16.0. The van der Waals surface area contributed by atoms with E-state index in [9.17, 15) is 15.0 Å². The molecule has 7 nitrogen and oxygen atoms in total. The minimum absolute atomic E-state index is 0. The number of rotatable bonds is 9. The van der Waals surface area contributed by atoms with Crippen LogP contribution < -0.4 is 0 Å². The van der Waals surface area contributed by atoms with E-state index in [0.717, 1.165) is 0 Å². The molecule has 5 N–H and O–H groups in total. The number of aliphatic hydroxyl groups is 4. The van der Waals surface area contributed by atoms with Crippen LogP contribution in [0.3, 0.4) is 0 Å². The molecule has 0 amide bonds. The predicted molar refractivity (Wildman–Crippen MR) is 71.2 cm³/mol. The minimum atomic E-state index is -1.09. The summed E-state index contributed by atoms with van der Waals surface area (Å²) >= 11 is 0. The van der Waals surface area contributed by atoms with Crippen molar-refractivity contribution in [2.24, 2.45) is 5.92 Å². The van der Waals surface area contributed by atoms with Gasteiger partial charge in [-0.05, 0) is 5.92 Å². The fraction of sp³-hybridized carbons (Fsp3) is 0.909. The summed E-state index contributed by atoms with van der Waals surface area (Å²) in [6.45, 7) is 2.28. The number of hydrogen-bond donors (Lipinski definition) is 5. The van der Waals surface area contributed by atoms with Gasteiger partial charge < -0.3 is 25.5 Å². The van der Waals surface area contributed by atoms with Gasteiger partial charge in [0.05, 0.1) is 25.4 Å². The van der Waals surface area contributed by atoms with E-state index in [0.29, 0.717) is 0 Å². The third-order valence-electron chi connectivity index (χ3n) is 2.59. The average molecular weight is 289 g/mol. The number of hydrogen-bond acceptors (Lipinski definition) is 6. The number of aliphatic hydroxyl groups excluding tert-OH is 4. The molecule has 0 fully saturated rings. The first-order chi connectivity index (χ1) is 8.33. The van der Waals surface area contributed by atoms with Crippen LogP contribution in [0.1, 0.15) is 13.8 Å². The molecular formula is C11H24NNaO6. The van der Waals surface area contributed by atoms with Gasteiger partial charge in [-0.15, -0.1) is 0 Å². The summed E-state index contributed by atoms with van der Waals surface area (Å²) in [5.41, 5.74) is 0. The zero-order valence-corrected chi connectivity index (χ0v) is 10.7. The van der Waals surface area contributed by atoms with E-state index >= 15 is 0 Å². The summed E-state index contributed by atoms with van der Waals surface area (Å²) in [5.74, 6) is -1.31. The van der Waals surface area contributed by atoms with Crippen molar-refractivity contribution in [2.45, 2.75) is 32.1 Å². The molecule has 8 heteroatoms. The molecule has 0 radical (unpaired) electrons. The van der Waals surface area contributed by atoms with Crippen LogP contribution in [-0.4, -0.2) is 111 Å². The molecule has 0 spiro atoms. The van der Waals surface area contributed by atoms with E-state index in [4.69, 9.17) is 15.3 Å². The Kier molecular flexibility index (Phi) is 12.5. The van der Waals surface area contributed by atoms with E-state index in [2.05, 4.69) is 0 Å². The van der Waals surface area contributed by atoms with E-state index in [1.165, 1.54) is 4.90 Å². The summed E-state index contributed by atoms with van der Waals surface area (Å²) in [6.07, 6.45) is -2.17. The van der Waals surface area contributed by atoms with Crippen LogP contribution in [0, 0.1) is 5.92 Å². The molecule has 110 valence electrons. The Bertz CT molecular complexity index is 241. The molecule has 19 heavy (non-hydrogen) atoms. The Balaban J connectivity index is 0. The van der Waals surface area contributed by atoms with Crippen LogP contribution in [0.25, 0.3) is 0 Å². The van der Waals surface area contributed by atoms with Crippen LogP contribution >= 0.6 is 0 Å². The molecule has 0 aromatic heterocycles. The van der Waals surface area contributed by atoms with Gasteiger partial charge in [0, 0.05) is 13.1 Å². The molecule has 0 aliphatic rings. The van der Waals surface area contributed by atoms with E-state index in [-0.39, 0.29) is 48.6 Å². The zero-order valence-electron chi connectivity index (χ0n) is 10.7. The fourth-order valence-electron chi connectivity index (χ4n) is 1.82. The number of carboxylic acid groups (broad SMARTS) is 1. The molecule has 0 aliphatic heterocycles. The van der Waals surface area contributed by atoms with Crippen LogP contribution in [0.5, 0.6) is 0 Å². The molecule has 3 unspecified atom stereocenters. The van der Waals surface area contributed by atoms with Crippen molar-refractivity contribution < 1.29 is 30.3 Å². The van der Waals surface area contributed by atoms with Gasteiger partial charge in [-0.2, -0.15) is 0 Å². The second-order valence-electron chi connectivity index (χ2n) is 4.65. The first-order valence-electron chi connectivity index (χ1n) is 5.88. The monoisotopic (exact) mass is 289 g/mol. The Labute approximate surface area is 135 Å². The van der Waals surface area contributed by atoms with Gasteiger partial charge in [0.1, 0.15) is 6.04 Å². The molecule has 0 saturated heterocycles. The van der Waals surface area contributed by atoms with Crippen molar-refractivity contribution >= 4 is 35.5 Å². The Morgan fingerprint density at radius 2 is 1.42 bits per heavy atom. The quantitative estimate of drug-likeness (QED) is 0.296. The van der Waals surface area contributed by atoms with E-state index in [1.807, 2.05) is 0 Å². The molecule has 0 aliphatic carbocycles. The Hall–Kier alpha value is 0.270. The van der Waals surface area contributed by atoms with Gasteiger partial charge >= 0.3 is 35.5 Å². The van der Waals surface area contributed by atoms with Gasteiger partial charge in [-0.1, -0.05) is 13.8 Å². The summed E-state index contributed by atoms with van der Waals surface area (Å²) in [5, 5.41) is 45.5. The second-order valence-corrected chi connectivity index (χ2v) is 4.65.